The Morgan fingerprint density at radius 1 is 1.21 bits per heavy atom. The molecule has 9 nitrogen and oxygen atoms in total. The van der Waals surface area contributed by atoms with Gasteiger partial charge < -0.3 is 21.5 Å². The molecule has 5 N–H and O–H groups in total. The fourth-order valence-corrected chi connectivity index (χ4v) is 4.28. The van der Waals surface area contributed by atoms with Gasteiger partial charge in [-0.1, -0.05) is 18.2 Å². The number of methoxy groups -OCH3 is 1. The van der Waals surface area contributed by atoms with E-state index in [0.29, 0.717) is 36.0 Å². The van der Waals surface area contributed by atoms with Crippen LogP contribution in [0.4, 0.5) is 11.8 Å². The number of hydrogen-bond donors (Lipinski definition) is 3. The molecule has 3 heterocycles. The fourth-order valence-electron chi connectivity index (χ4n) is 4.28. The number of aliphatic imine (C=N–C) groups is 2. The van der Waals surface area contributed by atoms with Crippen LogP contribution in [-0.2, 0) is 13.0 Å². The maximum absolute atomic E-state index is 6.36. The lowest BCUT2D eigenvalue weighted by molar-refractivity contribution is 0.289. The highest BCUT2D eigenvalue weighted by molar-refractivity contribution is 5.96. The number of benzene rings is 2. The molecule has 2 aliphatic heterocycles. The van der Waals surface area contributed by atoms with E-state index in [9.17, 15) is 0 Å². The van der Waals surface area contributed by atoms with Gasteiger partial charge in [0.15, 0.2) is 5.82 Å². The van der Waals surface area contributed by atoms with Crippen molar-refractivity contribution in [2.75, 3.05) is 32.5 Å². The van der Waals surface area contributed by atoms with Crippen LogP contribution in [0.2, 0.25) is 0 Å². The third-order valence-electron chi connectivity index (χ3n) is 5.90. The number of aromatic nitrogens is 2. The Morgan fingerprint density at radius 3 is 2.94 bits per heavy atom. The zero-order valence-corrected chi connectivity index (χ0v) is 18.5. The second kappa shape index (κ2) is 8.87. The van der Waals surface area contributed by atoms with Gasteiger partial charge in [-0.25, -0.2) is 9.98 Å². The monoisotopic (exact) mass is 442 g/mol. The molecule has 2 aliphatic rings. The Kier molecular flexibility index (Phi) is 5.62. The van der Waals surface area contributed by atoms with Crippen molar-refractivity contribution in [1.82, 2.24) is 20.2 Å². The molecule has 2 aromatic carbocycles. The van der Waals surface area contributed by atoms with E-state index >= 15 is 0 Å². The average Bonchev–Trinajstić information content (AvgIpc) is 2.83. The van der Waals surface area contributed by atoms with Gasteiger partial charge in [-0.3, -0.25) is 9.89 Å². The van der Waals surface area contributed by atoms with E-state index in [1.807, 2.05) is 24.4 Å². The average molecular weight is 443 g/mol. The fraction of sp³-hybridized carbons (Fsp3) is 0.250. The van der Waals surface area contributed by atoms with Crippen molar-refractivity contribution in [3.63, 3.8) is 0 Å². The first-order valence-corrected chi connectivity index (χ1v) is 10.8. The SMILES string of the molecule is COc1cccc2c(N=C(N)CN3CCc4ccc(C5=CNC=NC5)cc4C3)nc(N)nc12. The highest BCUT2D eigenvalue weighted by Gasteiger charge is 2.19. The van der Waals surface area contributed by atoms with E-state index in [1.54, 1.807) is 13.4 Å². The van der Waals surface area contributed by atoms with Crippen molar-refractivity contribution < 1.29 is 4.74 Å². The number of nitrogens with two attached hydrogens (primary N) is 2. The highest BCUT2D eigenvalue weighted by Crippen LogP contribution is 2.30. The number of anilines is 1. The molecule has 9 heteroatoms. The molecule has 0 saturated carbocycles. The number of nitrogens with zero attached hydrogens (tertiary/aromatic N) is 5. The van der Waals surface area contributed by atoms with Gasteiger partial charge in [0.2, 0.25) is 5.95 Å². The van der Waals surface area contributed by atoms with Crippen LogP contribution in [0.3, 0.4) is 0 Å². The van der Waals surface area contributed by atoms with Crippen LogP contribution in [0.25, 0.3) is 16.5 Å². The summed E-state index contributed by atoms with van der Waals surface area (Å²) in [5.74, 6) is 1.68. The van der Waals surface area contributed by atoms with Crippen LogP contribution in [0, 0.1) is 0 Å². The Morgan fingerprint density at radius 2 is 2.12 bits per heavy atom. The van der Waals surface area contributed by atoms with Crippen molar-refractivity contribution >= 4 is 40.4 Å². The standard InChI is InChI=1S/C24H26N8O/c1-33-20-4-2-3-19-22(20)30-24(26)31-23(19)29-21(25)13-32-8-7-15-5-6-16(9-17(15)12-32)18-10-27-14-28-11-18/h2-6,9-10,14H,7-8,11-13H2,1H3,(H,27,28)(H4,25,26,29,30,31). The molecule has 0 atom stereocenters. The molecule has 5 rings (SSSR count). The molecule has 0 unspecified atom stereocenters. The first-order chi connectivity index (χ1) is 16.1. The molecule has 0 amide bonds. The number of amidine groups is 1. The molecule has 33 heavy (non-hydrogen) atoms. The van der Waals surface area contributed by atoms with Crippen LogP contribution in [-0.4, -0.2) is 53.8 Å². The number of para-hydroxylation sites is 1. The van der Waals surface area contributed by atoms with Crippen molar-refractivity contribution in [3.05, 3.63) is 59.3 Å². The van der Waals surface area contributed by atoms with Crippen LogP contribution in [0.15, 0.2) is 52.6 Å². The molecule has 0 spiro atoms. The number of nitrogens with one attached hydrogen (secondary N) is 1. The maximum Gasteiger partial charge on any atom is 0.222 e. The second-order valence-corrected chi connectivity index (χ2v) is 8.12. The largest absolute Gasteiger partial charge is 0.494 e. The first-order valence-electron chi connectivity index (χ1n) is 10.8. The summed E-state index contributed by atoms with van der Waals surface area (Å²) < 4.78 is 5.40. The van der Waals surface area contributed by atoms with E-state index in [-0.39, 0.29) is 5.95 Å². The minimum absolute atomic E-state index is 0.133. The molecule has 0 fully saturated rings. The summed E-state index contributed by atoms with van der Waals surface area (Å²) in [5.41, 5.74) is 18.0. The zero-order chi connectivity index (χ0) is 22.8. The second-order valence-electron chi connectivity index (χ2n) is 8.12. The molecule has 3 aromatic rings. The zero-order valence-electron chi connectivity index (χ0n) is 18.5. The maximum atomic E-state index is 6.36. The molecule has 0 bridgehead atoms. The van der Waals surface area contributed by atoms with Gasteiger partial charge in [0.1, 0.15) is 17.1 Å². The Labute approximate surface area is 191 Å². The Balaban J connectivity index is 1.36. The highest BCUT2D eigenvalue weighted by atomic mass is 16.5. The van der Waals surface area contributed by atoms with Crippen molar-refractivity contribution in [3.8, 4) is 5.75 Å². The molecular weight excluding hydrogens is 416 g/mol. The number of nitrogen functional groups attached to an aromatic ring is 1. The van der Waals surface area contributed by atoms with E-state index < -0.39 is 0 Å². The minimum atomic E-state index is 0.133. The molecule has 1 aromatic heterocycles. The van der Waals surface area contributed by atoms with Crippen molar-refractivity contribution in [2.45, 2.75) is 13.0 Å². The Bertz CT molecular complexity index is 1300. The summed E-state index contributed by atoms with van der Waals surface area (Å²) in [6, 6.07) is 12.3. The van der Waals surface area contributed by atoms with Crippen molar-refractivity contribution in [1.29, 1.82) is 0 Å². The third-order valence-corrected chi connectivity index (χ3v) is 5.90. The van der Waals surface area contributed by atoms with Crippen molar-refractivity contribution in [2.24, 2.45) is 15.7 Å². The number of rotatable bonds is 5. The van der Waals surface area contributed by atoms with Gasteiger partial charge >= 0.3 is 0 Å². The van der Waals surface area contributed by atoms with Crippen LogP contribution < -0.4 is 21.5 Å². The Hall–Kier alpha value is -3.98. The molecular formula is C24H26N8O. The van der Waals surface area contributed by atoms with Gasteiger partial charge in [-0.2, -0.15) is 4.98 Å². The lowest BCUT2D eigenvalue weighted by atomic mass is 9.94. The number of ether oxygens (including phenoxy) is 1. The summed E-state index contributed by atoms with van der Waals surface area (Å²) in [6.45, 7) is 2.95. The topological polar surface area (TPSA) is 127 Å². The van der Waals surface area contributed by atoms with E-state index in [2.05, 4.69) is 48.4 Å². The lowest BCUT2D eigenvalue weighted by Crippen LogP contribution is -2.37. The molecule has 0 saturated heterocycles. The third kappa shape index (κ3) is 4.35. The lowest BCUT2D eigenvalue weighted by Gasteiger charge is -2.29. The van der Waals surface area contributed by atoms with Crippen LogP contribution in [0.5, 0.6) is 5.75 Å². The number of fused-ring (bicyclic) bond motifs is 2. The normalized spacial score (nSPS) is 16.3. The minimum Gasteiger partial charge on any atom is -0.494 e. The van der Waals surface area contributed by atoms with Crippen LogP contribution in [0.1, 0.15) is 16.7 Å². The van der Waals surface area contributed by atoms with E-state index in [0.717, 1.165) is 24.9 Å². The predicted molar refractivity (Wildman–Crippen MR) is 132 cm³/mol. The predicted octanol–water partition coefficient (Wildman–Crippen LogP) is 2.24. The van der Waals surface area contributed by atoms with Gasteiger partial charge in [0.25, 0.3) is 0 Å². The molecule has 168 valence electrons. The first kappa shape index (κ1) is 20.9. The summed E-state index contributed by atoms with van der Waals surface area (Å²) in [7, 11) is 1.60. The smallest absolute Gasteiger partial charge is 0.222 e. The summed E-state index contributed by atoms with van der Waals surface area (Å²) in [6.07, 6.45) is 4.70. The summed E-state index contributed by atoms with van der Waals surface area (Å²) >= 11 is 0. The van der Waals surface area contributed by atoms with Gasteiger partial charge in [-0.15, -0.1) is 0 Å². The molecule has 0 aliphatic carbocycles. The van der Waals surface area contributed by atoms with Gasteiger partial charge in [-0.05, 0) is 46.9 Å². The van der Waals surface area contributed by atoms with Crippen LogP contribution >= 0.6 is 0 Å². The van der Waals surface area contributed by atoms with Gasteiger partial charge in [0.05, 0.1) is 26.5 Å². The van der Waals surface area contributed by atoms with Gasteiger partial charge in [0, 0.05) is 24.7 Å². The quantitative estimate of drug-likeness (QED) is 0.408. The summed E-state index contributed by atoms with van der Waals surface area (Å²) in [4.78, 5) is 19.8. The van der Waals surface area contributed by atoms with E-state index in [1.165, 1.54) is 22.3 Å². The summed E-state index contributed by atoms with van der Waals surface area (Å²) in [5, 5.41) is 3.82. The number of hydrogen-bond acceptors (Lipinski definition) is 8. The van der Waals surface area contributed by atoms with E-state index in [4.69, 9.17) is 16.2 Å². The molecule has 0 radical (unpaired) electrons.